The van der Waals surface area contributed by atoms with Crippen molar-refractivity contribution in [3.8, 4) is 0 Å². The summed E-state index contributed by atoms with van der Waals surface area (Å²) in [6.45, 7) is 3.50. The van der Waals surface area contributed by atoms with Gasteiger partial charge in [-0.1, -0.05) is 6.07 Å². The second-order valence-electron chi connectivity index (χ2n) is 4.36. The molecule has 0 radical (unpaired) electrons. The molecule has 7 heteroatoms. The van der Waals surface area contributed by atoms with Gasteiger partial charge in [0.2, 0.25) is 0 Å². The molecule has 0 atom stereocenters. The van der Waals surface area contributed by atoms with E-state index in [0.717, 1.165) is 0 Å². The fourth-order valence-corrected chi connectivity index (χ4v) is 2.78. The van der Waals surface area contributed by atoms with Crippen LogP contribution in [0.2, 0.25) is 0 Å². The van der Waals surface area contributed by atoms with Gasteiger partial charge in [0.25, 0.3) is 10.0 Å². The molecule has 0 fully saturated rings. The minimum atomic E-state index is -3.69. The largest absolute Gasteiger partial charge is 0.398 e. The third-order valence-electron chi connectivity index (χ3n) is 2.98. The summed E-state index contributed by atoms with van der Waals surface area (Å²) in [5, 5.41) is -0.00526. The first-order valence-corrected chi connectivity index (χ1v) is 7.17. The highest BCUT2D eigenvalue weighted by Gasteiger charge is 2.19. The van der Waals surface area contributed by atoms with Crippen molar-refractivity contribution in [1.82, 2.24) is 9.55 Å². The van der Waals surface area contributed by atoms with Crippen LogP contribution in [0.1, 0.15) is 11.4 Å². The Balaban J connectivity index is 2.39. The summed E-state index contributed by atoms with van der Waals surface area (Å²) in [5.41, 5.74) is 7.45. The first kappa shape index (κ1) is 13.4. The summed E-state index contributed by atoms with van der Waals surface area (Å²) in [6, 6.07) is 5.08. The van der Waals surface area contributed by atoms with E-state index in [0.29, 0.717) is 22.8 Å². The third-order valence-corrected chi connectivity index (χ3v) is 4.22. The minimum absolute atomic E-state index is 0.00526. The van der Waals surface area contributed by atoms with Gasteiger partial charge in [-0.15, -0.1) is 0 Å². The zero-order valence-corrected chi connectivity index (χ0v) is 11.8. The lowest BCUT2D eigenvalue weighted by Crippen LogP contribution is -2.14. The van der Waals surface area contributed by atoms with E-state index in [1.165, 1.54) is 6.20 Å². The predicted octanol–water partition coefficient (Wildman–Crippen LogP) is 1.42. The second-order valence-corrected chi connectivity index (χ2v) is 5.99. The number of sulfonamides is 1. The second kappa shape index (κ2) is 4.58. The molecule has 0 spiro atoms. The van der Waals surface area contributed by atoms with E-state index >= 15 is 0 Å². The van der Waals surface area contributed by atoms with Crippen molar-refractivity contribution in [1.29, 1.82) is 0 Å². The van der Waals surface area contributed by atoms with Crippen molar-refractivity contribution in [2.45, 2.75) is 18.9 Å². The van der Waals surface area contributed by atoms with Crippen LogP contribution in [0.25, 0.3) is 0 Å². The summed E-state index contributed by atoms with van der Waals surface area (Å²) in [6.07, 6.45) is 1.47. The van der Waals surface area contributed by atoms with Gasteiger partial charge in [-0.05, 0) is 31.5 Å². The molecule has 1 aromatic heterocycles. The van der Waals surface area contributed by atoms with E-state index < -0.39 is 10.0 Å². The number of imidazole rings is 1. The molecule has 0 aliphatic carbocycles. The number of hydrogen-bond acceptors (Lipinski definition) is 4. The Morgan fingerprint density at radius 3 is 2.58 bits per heavy atom. The topological polar surface area (TPSA) is 90.0 Å². The van der Waals surface area contributed by atoms with Crippen LogP contribution < -0.4 is 10.5 Å². The Morgan fingerprint density at radius 2 is 2.00 bits per heavy atom. The van der Waals surface area contributed by atoms with E-state index in [1.54, 1.807) is 43.7 Å². The van der Waals surface area contributed by atoms with Crippen LogP contribution in [0, 0.1) is 13.8 Å². The Labute approximate surface area is 112 Å². The maximum absolute atomic E-state index is 12.2. The summed E-state index contributed by atoms with van der Waals surface area (Å²) in [4.78, 5) is 4.01. The Kier molecular flexibility index (Phi) is 3.23. The van der Waals surface area contributed by atoms with Crippen molar-refractivity contribution in [2.75, 3.05) is 10.5 Å². The van der Waals surface area contributed by atoms with Crippen LogP contribution in [0.3, 0.4) is 0 Å². The van der Waals surface area contributed by atoms with Crippen LogP contribution in [0.15, 0.2) is 29.4 Å². The van der Waals surface area contributed by atoms with Gasteiger partial charge in [0.1, 0.15) is 5.82 Å². The molecule has 102 valence electrons. The SMILES string of the molecule is Cc1c(N)cccc1NS(=O)(=O)c1cn(C)c(C)n1. The molecule has 19 heavy (non-hydrogen) atoms. The summed E-state index contributed by atoms with van der Waals surface area (Å²) in [5.74, 6) is 0.629. The molecule has 0 aliphatic rings. The Bertz CT molecular complexity index is 700. The van der Waals surface area contributed by atoms with Crippen LogP contribution >= 0.6 is 0 Å². The number of hydrogen-bond donors (Lipinski definition) is 2. The number of aryl methyl sites for hydroxylation is 2. The summed E-state index contributed by atoms with van der Waals surface area (Å²) >= 11 is 0. The number of nitrogen functional groups attached to an aromatic ring is 1. The maximum Gasteiger partial charge on any atom is 0.280 e. The maximum atomic E-state index is 12.2. The molecule has 6 nitrogen and oxygen atoms in total. The normalized spacial score (nSPS) is 11.5. The Hall–Kier alpha value is -2.02. The monoisotopic (exact) mass is 280 g/mol. The fourth-order valence-electron chi connectivity index (χ4n) is 1.62. The van der Waals surface area contributed by atoms with Gasteiger partial charge in [-0.25, -0.2) is 4.98 Å². The van der Waals surface area contributed by atoms with E-state index in [9.17, 15) is 8.42 Å². The predicted molar refractivity (Wildman–Crippen MR) is 74.3 cm³/mol. The molecule has 0 aliphatic heterocycles. The number of aromatic nitrogens is 2. The van der Waals surface area contributed by atoms with E-state index in [4.69, 9.17) is 5.73 Å². The highest BCUT2D eigenvalue weighted by molar-refractivity contribution is 7.92. The molecule has 0 unspecified atom stereocenters. The zero-order valence-electron chi connectivity index (χ0n) is 11.0. The molecule has 1 aromatic carbocycles. The molecule has 0 saturated heterocycles. The highest BCUT2D eigenvalue weighted by atomic mass is 32.2. The van der Waals surface area contributed by atoms with Gasteiger partial charge in [0.05, 0.1) is 5.69 Å². The molecular weight excluding hydrogens is 264 g/mol. The zero-order chi connectivity index (χ0) is 14.2. The van der Waals surface area contributed by atoms with Crippen LogP contribution in [-0.2, 0) is 17.1 Å². The number of rotatable bonds is 3. The number of nitrogens with one attached hydrogen (secondary N) is 1. The minimum Gasteiger partial charge on any atom is -0.398 e. The third kappa shape index (κ3) is 2.55. The summed E-state index contributed by atoms with van der Waals surface area (Å²) < 4.78 is 28.6. The van der Waals surface area contributed by atoms with Crippen LogP contribution in [-0.4, -0.2) is 18.0 Å². The van der Waals surface area contributed by atoms with Crippen molar-refractivity contribution in [3.05, 3.63) is 35.8 Å². The number of benzene rings is 1. The lowest BCUT2D eigenvalue weighted by atomic mass is 10.2. The van der Waals surface area contributed by atoms with Gasteiger partial charge in [0.15, 0.2) is 5.03 Å². The molecule has 2 aromatic rings. The molecule has 2 rings (SSSR count). The molecule has 0 bridgehead atoms. The van der Waals surface area contributed by atoms with Gasteiger partial charge >= 0.3 is 0 Å². The van der Waals surface area contributed by atoms with E-state index in [-0.39, 0.29) is 5.03 Å². The fraction of sp³-hybridized carbons (Fsp3) is 0.250. The first-order valence-electron chi connectivity index (χ1n) is 5.69. The van der Waals surface area contributed by atoms with Crippen molar-refractivity contribution < 1.29 is 8.42 Å². The molecule has 1 heterocycles. The molecule has 0 saturated carbocycles. The van der Waals surface area contributed by atoms with Gasteiger partial charge < -0.3 is 10.3 Å². The van der Waals surface area contributed by atoms with E-state index in [2.05, 4.69) is 9.71 Å². The van der Waals surface area contributed by atoms with Crippen molar-refractivity contribution in [3.63, 3.8) is 0 Å². The van der Waals surface area contributed by atoms with Crippen molar-refractivity contribution in [2.24, 2.45) is 7.05 Å². The lowest BCUT2D eigenvalue weighted by Gasteiger charge is -2.10. The van der Waals surface area contributed by atoms with Gasteiger partial charge in [-0.3, -0.25) is 4.72 Å². The summed E-state index contributed by atoms with van der Waals surface area (Å²) in [7, 11) is -1.95. The Morgan fingerprint density at radius 1 is 1.32 bits per heavy atom. The molecule has 0 amide bonds. The van der Waals surface area contributed by atoms with Gasteiger partial charge in [-0.2, -0.15) is 8.42 Å². The smallest absolute Gasteiger partial charge is 0.280 e. The average molecular weight is 280 g/mol. The number of anilines is 2. The number of nitrogens with zero attached hydrogens (tertiary/aromatic N) is 2. The highest BCUT2D eigenvalue weighted by Crippen LogP contribution is 2.23. The van der Waals surface area contributed by atoms with Crippen LogP contribution in [0.4, 0.5) is 11.4 Å². The van der Waals surface area contributed by atoms with Crippen LogP contribution in [0.5, 0.6) is 0 Å². The van der Waals surface area contributed by atoms with Crippen molar-refractivity contribution >= 4 is 21.4 Å². The quantitative estimate of drug-likeness (QED) is 0.832. The first-order chi connectivity index (χ1) is 8.81. The lowest BCUT2D eigenvalue weighted by molar-refractivity contribution is 0.598. The average Bonchev–Trinajstić information content (AvgIpc) is 2.66. The van der Waals surface area contributed by atoms with Gasteiger partial charge in [0, 0.05) is 18.9 Å². The molecular formula is C12H16N4O2S. The van der Waals surface area contributed by atoms with E-state index in [1.807, 2.05) is 0 Å². The number of nitrogens with two attached hydrogens (primary N) is 1. The standard InChI is InChI=1S/C12H16N4O2S/c1-8-10(13)5-4-6-11(8)15-19(17,18)12-7-16(3)9(2)14-12/h4-7,15H,13H2,1-3H3. The molecule has 3 N–H and O–H groups in total.